The standard InChI is InChI=1S/C31H33NO4/c1-31(2)30(35-20-22-9-12-23-7-5-6-8-24(23)17-22)29(34-4)27-18-25(13-16-28(27)36-31)32-19-21-10-14-26(33-3)15-11-21/h5-18,29-30,32H,19-20H2,1-4H3. The first-order chi connectivity index (χ1) is 17.5. The molecular weight excluding hydrogens is 450 g/mol. The van der Waals surface area contributed by atoms with Crippen LogP contribution in [0.25, 0.3) is 10.8 Å². The van der Waals surface area contributed by atoms with Crippen LogP contribution in [0.2, 0.25) is 0 Å². The molecule has 2 unspecified atom stereocenters. The Balaban J connectivity index is 1.33. The van der Waals surface area contributed by atoms with Crippen LogP contribution in [0.5, 0.6) is 11.5 Å². The molecule has 0 radical (unpaired) electrons. The summed E-state index contributed by atoms with van der Waals surface area (Å²) in [5.41, 5.74) is 3.73. The van der Waals surface area contributed by atoms with Crippen molar-refractivity contribution in [2.45, 2.75) is 44.8 Å². The van der Waals surface area contributed by atoms with Crippen molar-refractivity contribution in [1.82, 2.24) is 0 Å². The minimum absolute atomic E-state index is 0.257. The molecule has 5 rings (SSSR count). The minimum Gasteiger partial charge on any atom is -0.497 e. The Bertz CT molecular complexity index is 1330. The number of rotatable bonds is 8. The van der Waals surface area contributed by atoms with Crippen molar-refractivity contribution in [2.75, 3.05) is 19.5 Å². The van der Waals surface area contributed by atoms with Gasteiger partial charge < -0.3 is 24.3 Å². The predicted octanol–water partition coefficient (Wildman–Crippen LogP) is 6.90. The largest absolute Gasteiger partial charge is 0.497 e. The van der Waals surface area contributed by atoms with E-state index in [1.54, 1.807) is 14.2 Å². The normalized spacial score (nSPS) is 18.3. The van der Waals surface area contributed by atoms with E-state index in [2.05, 4.69) is 79.8 Å². The van der Waals surface area contributed by atoms with Crippen LogP contribution in [-0.2, 0) is 22.6 Å². The molecule has 0 bridgehead atoms. The Kier molecular flexibility index (Phi) is 6.86. The maximum Gasteiger partial charge on any atom is 0.132 e. The van der Waals surface area contributed by atoms with Gasteiger partial charge in [0.15, 0.2) is 0 Å². The van der Waals surface area contributed by atoms with Gasteiger partial charge in [-0.1, -0.05) is 48.5 Å². The Morgan fingerprint density at radius 3 is 2.33 bits per heavy atom. The predicted molar refractivity (Wildman–Crippen MR) is 144 cm³/mol. The van der Waals surface area contributed by atoms with Crippen LogP contribution < -0.4 is 14.8 Å². The minimum atomic E-state index is -0.553. The number of methoxy groups -OCH3 is 2. The Labute approximate surface area is 213 Å². The lowest BCUT2D eigenvalue weighted by atomic mass is 9.88. The first-order valence-electron chi connectivity index (χ1n) is 12.3. The summed E-state index contributed by atoms with van der Waals surface area (Å²) in [4.78, 5) is 0. The lowest BCUT2D eigenvalue weighted by molar-refractivity contribution is -0.159. The molecule has 4 aromatic carbocycles. The summed E-state index contributed by atoms with van der Waals surface area (Å²) >= 11 is 0. The van der Waals surface area contributed by atoms with Crippen molar-refractivity contribution in [3.8, 4) is 11.5 Å². The van der Waals surface area contributed by atoms with Crippen LogP contribution in [0, 0.1) is 0 Å². The van der Waals surface area contributed by atoms with E-state index in [1.807, 2.05) is 24.3 Å². The molecule has 5 nitrogen and oxygen atoms in total. The third kappa shape index (κ3) is 5.03. The quantitative estimate of drug-likeness (QED) is 0.295. The van der Waals surface area contributed by atoms with Gasteiger partial charge in [-0.3, -0.25) is 0 Å². The summed E-state index contributed by atoms with van der Waals surface area (Å²) < 4.78 is 24.2. The average molecular weight is 484 g/mol. The number of benzene rings is 4. The molecule has 0 amide bonds. The van der Waals surface area contributed by atoms with E-state index < -0.39 is 5.60 Å². The highest BCUT2D eigenvalue weighted by Gasteiger charge is 2.45. The number of hydrogen-bond acceptors (Lipinski definition) is 5. The third-order valence-corrected chi connectivity index (χ3v) is 6.80. The van der Waals surface area contributed by atoms with Gasteiger partial charge in [-0.2, -0.15) is 0 Å². The van der Waals surface area contributed by atoms with E-state index in [1.165, 1.54) is 16.3 Å². The van der Waals surface area contributed by atoms with Crippen molar-refractivity contribution in [2.24, 2.45) is 0 Å². The van der Waals surface area contributed by atoms with Gasteiger partial charge in [0.05, 0.1) is 13.7 Å². The van der Waals surface area contributed by atoms with E-state index in [9.17, 15) is 0 Å². The van der Waals surface area contributed by atoms with Crippen LogP contribution in [0.15, 0.2) is 84.9 Å². The fourth-order valence-electron chi connectivity index (χ4n) is 4.84. The second-order valence-electron chi connectivity index (χ2n) is 9.73. The zero-order valence-corrected chi connectivity index (χ0v) is 21.3. The molecule has 0 spiro atoms. The van der Waals surface area contributed by atoms with Crippen LogP contribution in [0.1, 0.15) is 36.6 Å². The molecule has 0 saturated carbocycles. The van der Waals surface area contributed by atoms with E-state index >= 15 is 0 Å². The molecule has 0 saturated heterocycles. The molecule has 36 heavy (non-hydrogen) atoms. The van der Waals surface area contributed by atoms with Gasteiger partial charge >= 0.3 is 0 Å². The zero-order valence-electron chi connectivity index (χ0n) is 21.3. The fraction of sp³-hybridized carbons (Fsp3) is 0.290. The topological polar surface area (TPSA) is 49.0 Å². The van der Waals surface area contributed by atoms with Crippen LogP contribution >= 0.6 is 0 Å². The fourth-order valence-corrected chi connectivity index (χ4v) is 4.84. The van der Waals surface area contributed by atoms with E-state index in [0.717, 1.165) is 28.3 Å². The van der Waals surface area contributed by atoms with Gasteiger partial charge in [-0.15, -0.1) is 0 Å². The van der Waals surface area contributed by atoms with Crippen LogP contribution in [0.3, 0.4) is 0 Å². The SMILES string of the molecule is COc1ccc(CNc2ccc3c(c2)C(OC)C(OCc2ccc4ccccc4c2)C(C)(C)O3)cc1. The monoisotopic (exact) mass is 483 g/mol. The molecular formula is C31H33NO4. The molecule has 1 aliphatic rings. The smallest absolute Gasteiger partial charge is 0.132 e. The first kappa shape index (κ1) is 24.2. The van der Waals surface area contributed by atoms with Gasteiger partial charge in [0.2, 0.25) is 0 Å². The maximum absolute atomic E-state index is 6.50. The molecule has 0 aliphatic carbocycles. The highest BCUT2D eigenvalue weighted by molar-refractivity contribution is 5.82. The van der Waals surface area contributed by atoms with Gasteiger partial charge in [-0.25, -0.2) is 0 Å². The van der Waals surface area contributed by atoms with Crippen molar-refractivity contribution in [3.63, 3.8) is 0 Å². The van der Waals surface area contributed by atoms with Crippen molar-refractivity contribution < 1.29 is 18.9 Å². The highest BCUT2D eigenvalue weighted by atomic mass is 16.6. The van der Waals surface area contributed by atoms with Gasteiger partial charge in [0.25, 0.3) is 0 Å². The van der Waals surface area contributed by atoms with Gasteiger partial charge in [0.1, 0.15) is 29.3 Å². The Morgan fingerprint density at radius 1 is 0.833 bits per heavy atom. The summed E-state index contributed by atoms with van der Waals surface area (Å²) in [5, 5.41) is 5.94. The summed E-state index contributed by atoms with van der Waals surface area (Å²) in [6, 6.07) is 29.0. The van der Waals surface area contributed by atoms with Crippen molar-refractivity contribution >= 4 is 16.5 Å². The second-order valence-corrected chi connectivity index (χ2v) is 9.73. The van der Waals surface area contributed by atoms with E-state index in [0.29, 0.717) is 13.2 Å². The molecule has 1 heterocycles. The number of hydrogen-bond donors (Lipinski definition) is 1. The molecule has 186 valence electrons. The highest BCUT2D eigenvalue weighted by Crippen LogP contribution is 2.44. The van der Waals surface area contributed by atoms with Gasteiger partial charge in [0, 0.05) is 24.9 Å². The lowest BCUT2D eigenvalue weighted by Crippen LogP contribution is -2.50. The molecule has 0 fully saturated rings. The van der Waals surface area contributed by atoms with E-state index in [4.69, 9.17) is 18.9 Å². The lowest BCUT2D eigenvalue weighted by Gasteiger charge is -2.44. The molecule has 0 aromatic heterocycles. The van der Waals surface area contributed by atoms with Crippen molar-refractivity contribution in [1.29, 1.82) is 0 Å². The van der Waals surface area contributed by atoms with Crippen molar-refractivity contribution in [3.05, 3.63) is 102 Å². The molecule has 4 aromatic rings. The Morgan fingerprint density at radius 2 is 1.58 bits per heavy atom. The zero-order chi connectivity index (χ0) is 25.1. The summed E-state index contributed by atoms with van der Waals surface area (Å²) in [5.74, 6) is 1.68. The summed E-state index contributed by atoms with van der Waals surface area (Å²) in [6.07, 6.45) is -0.537. The number of nitrogens with one attached hydrogen (secondary N) is 1. The number of fused-ring (bicyclic) bond motifs is 2. The molecule has 1 N–H and O–H groups in total. The summed E-state index contributed by atoms with van der Waals surface area (Å²) in [7, 11) is 3.41. The number of anilines is 1. The van der Waals surface area contributed by atoms with Crippen LogP contribution in [-0.4, -0.2) is 25.9 Å². The summed E-state index contributed by atoms with van der Waals surface area (Å²) in [6.45, 7) is 5.30. The second kappa shape index (κ2) is 10.2. The molecule has 5 heteroatoms. The third-order valence-electron chi connectivity index (χ3n) is 6.80. The molecule has 2 atom stereocenters. The number of ether oxygens (including phenoxy) is 4. The Hall–Kier alpha value is -3.54. The van der Waals surface area contributed by atoms with E-state index in [-0.39, 0.29) is 12.2 Å². The average Bonchev–Trinajstić information content (AvgIpc) is 2.90. The van der Waals surface area contributed by atoms with Crippen LogP contribution in [0.4, 0.5) is 5.69 Å². The molecule has 1 aliphatic heterocycles. The van der Waals surface area contributed by atoms with Gasteiger partial charge in [-0.05, 0) is 72.1 Å². The first-order valence-corrected chi connectivity index (χ1v) is 12.3. The maximum atomic E-state index is 6.50.